The Morgan fingerprint density at radius 3 is 2.52 bits per heavy atom. The largest absolute Gasteiger partial charge is 0.480 e. The Balaban J connectivity index is 2.92. The summed E-state index contributed by atoms with van der Waals surface area (Å²) in [6.07, 6.45) is 0.598. The fourth-order valence-corrected chi connectivity index (χ4v) is 3.50. The third-order valence-corrected chi connectivity index (χ3v) is 5.62. The van der Waals surface area contributed by atoms with Crippen molar-refractivity contribution in [2.75, 3.05) is 7.05 Å². The van der Waals surface area contributed by atoms with Crippen molar-refractivity contribution in [1.29, 1.82) is 0 Å². The van der Waals surface area contributed by atoms with Gasteiger partial charge in [-0.15, -0.1) is 11.3 Å². The summed E-state index contributed by atoms with van der Waals surface area (Å²) in [5.41, 5.74) is 0. The Morgan fingerprint density at radius 1 is 1.43 bits per heavy atom. The molecular formula is C12H18N2O5S2. The highest BCUT2D eigenvalue weighted by molar-refractivity contribution is 7.89. The Bertz CT molecular complexity index is 623. The van der Waals surface area contributed by atoms with E-state index >= 15 is 0 Å². The number of thiophene rings is 1. The maximum Gasteiger partial charge on any atom is 0.326 e. The fourth-order valence-electron chi connectivity index (χ4n) is 1.59. The van der Waals surface area contributed by atoms with Gasteiger partial charge in [0.15, 0.2) is 0 Å². The Kier molecular flexibility index (Phi) is 5.87. The van der Waals surface area contributed by atoms with E-state index in [-0.39, 0.29) is 15.7 Å². The SMILES string of the molecule is CC[C@H](C)[C@H](NC(=O)c1cc(S(=O)(=O)NC)cs1)C(=O)O. The van der Waals surface area contributed by atoms with Crippen LogP contribution in [0.15, 0.2) is 16.3 Å². The molecule has 7 nitrogen and oxygen atoms in total. The van der Waals surface area contributed by atoms with Crippen molar-refractivity contribution >= 4 is 33.2 Å². The van der Waals surface area contributed by atoms with Crippen LogP contribution >= 0.6 is 11.3 Å². The van der Waals surface area contributed by atoms with Crippen LogP contribution in [0.1, 0.15) is 29.9 Å². The molecule has 0 aromatic carbocycles. The molecular weight excluding hydrogens is 316 g/mol. The van der Waals surface area contributed by atoms with Crippen LogP contribution in [-0.2, 0) is 14.8 Å². The van der Waals surface area contributed by atoms with Crippen LogP contribution in [0.4, 0.5) is 0 Å². The third kappa shape index (κ3) is 4.26. The van der Waals surface area contributed by atoms with E-state index in [1.165, 1.54) is 18.5 Å². The van der Waals surface area contributed by atoms with Crippen molar-refractivity contribution in [3.05, 3.63) is 16.3 Å². The van der Waals surface area contributed by atoms with Crippen molar-refractivity contribution in [3.63, 3.8) is 0 Å². The van der Waals surface area contributed by atoms with Crippen molar-refractivity contribution in [2.24, 2.45) is 5.92 Å². The standard InChI is InChI=1S/C12H18N2O5S2/c1-4-7(2)10(12(16)17)14-11(15)9-5-8(6-20-9)21(18,19)13-3/h5-7,10,13H,4H2,1-3H3,(H,14,15)(H,16,17)/t7-,10-/m0/s1. The highest BCUT2D eigenvalue weighted by Crippen LogP contribution is 2.19. The van der Waals surface area contributed by atoms with E-state index in [1.807, 2.05) is 6.92 Å². The fraction of sp³-hybridized carbons (Fsp3) is 0.500. The van der Waals surface area contributed by atoms with E-state index < -0.39 is 27.9 Å². The molecule has 1 rings (SSSR count). The van der Waals surface area contributed by atoms with Crippen molar-refractivity contribution in [1.82, 2.24) is 10.0 Å². The second-order valence-corrected chi connectivity index (χ2v) is 7.33. The number of rotatable bonds is 7. The molecule has 2 atom stereocenters. The molecule has 1 amide bonds. The number of hydrogen-bond acceptors (Lipinski definition) is 5. The zero-order valence-corrected chi connectivity index (χ0v) is 13.5. The van der Waals surface area contributed by atoms with E-state index in [0.717, 1.165) is 11.3 Å². The first-order valence-corrected chi connectivity index (χ1v) is 8.65. The van der Waals surface area contributed by atoms with Crippen molar-refractivity contribution < 1.29 is 23.1 Å². The van der Waals surface area contributed by atoms with Crippen LogP contribution in [0, 0.1) is 5.92 Å². The summed E-state index contributed by atoms with van der Waals surface area (Å²) in [7, 11) is -2.34. The summed E-state index contributed by atoms with van der Waals surface area (Å²) in [6, 6.07) is 0.218. The number of hydrogen-bond donors (Lipinski definition) is 3. The molecule has 0 aliphatic rings. The minimum Gasteiger partial charge on any atom is -0.480 e. The van der Waals surface area contributed by atoms with Crippen molar-refractivity contribution in [2.45, 2.75) is 31.2 Å². The molecule has 21 heavy (non-hydrogen) atoms. The maximum atomic E-state index is 12.0. The molecule has 0 unspecified atom stereocenters. The molecule has 1 aromatic heterocycles. The van der Waals surface area contributed by atoms with Crippen LogP contribution in [0.5, 0.6) is 0 Å². The number of sulfonamides is 1. The highest BCUT2D eigenvalue weighted by atomic mass is 32.2. The monoisotopic (exact) mass is 334 g/mol. The summed E-state index contributed by atoms with van der Waals surface area (Å²) in [4.78, 5) is 23.3. The molecule has 0 aliphatic carbocycles. The zero-order valence-electron chi connectivity index (χ0n) is 11.9. The molecule has 0 saturated carbocycles. The number of amides is 1. The van der Waals surface area contributed by atoms with Crippen LogP contribution in [0.25, 0.3) is 0 Å². The van der Waals surface area contributed by atoms with Gasteiger partial charge in [-0.05, 0) is 19.0 Å². The quantitative estimate of drug-likeness (QED) is 0.685. The molecule has 1 heterocycles. The van der Waals surface area contributed by atoms with E-state index in [9.17, 15) is 18.0 Å². The number of carbonyl (C=O) groups excluding carboxylic acids is 1. The van der Waals surface area contributed by atoms with E-state index in [2.05, 4.69) is 10.0 Å². The Hall–Kier alpha value is -1.45. The molecule has 3 N–H and O–H groups in total. The summed E-state index contributed by atoms with van der Waals surface area (Å²) in [6.45, 7) is 3.56. The molecule has 118 valence electrons. The first-order valence-electron chi connectivity index (χ1n) is 6.28. The van der Waals surface area contributed by atoms with Gasteiger partial charge in [0.05, 0.1) is 9.77 Å². The van der Waals surface area contributed by atoms with Gasteiger partial charge in [0.1, 0.15) is 6.04 Å². The second-order valence-electron chi connectivity index (χ2n) is 4.53. The topological polar surface area (TPSA) is 113 Å². The lowest BCUT2D eigenvalue weighted by atomic mass is 9.99. The average Bonchev–Trinajstić information content (AvgIpc) is 2.93. The first kappa shape index (κ1) is 17.6. The second kappa shape index (κ2) is 7.01. The average molecular weight is 334 g/mol. The maximum absolute atomic E-state index is 12.0. The first-order chi connectivity index (χ1) is 9.72. The Labute approximate surface area is 127 Å². The summed E-state index contributed by atoms with van der Waals surface area (Å²) >= 11 is 0.949. The third-order valence-electron chi connectivity index (χ3n) is 3.14. The molecule has 0 fully saturated rings. The molecule has 1 aromatic rings. The van der Waals surface area contributed by atoms with Gasteiger partial charge in [-0.3, -0.25) is 4.79 Å². The van der Waals surface area contributed by atoms with Gasteiger partial charge in [0.2, 0.25) is 10.0 Å². The van der Waals surface area contributed by atoms with Crippen molar-refractivity contribution in [3.8, 4) is 0 Å². The predicted molar refractivity (Wildman–Crippen MR) is 78.9 cm³/mol. The molecule has 0 radical (unpaired) electrons. The van der Waals surface area contributed by atoms with Crippen LogP contribution in [-0.4, -0.2) is 38.5 Å². The van der Waals surface area contributed by atoms with E-state index in [0.29, 0.717) is 6.42 Å². The van der Waals surface area contributed by atoms with Gasteiger partial charge in [-0.1, -0.05) is 20.3 Å². The number of carboxylic acid groups (broad SMARTS) is 1. The van der Waals surface area contributed by atoms with Gasteiger partial charge in [-0.2, -0.15) is 0 Å². The predicted octanol–water partition coefficient (Wildman–Crippen LogP) is 0.885. The van der Waals surface area contributed by atoms with Gasteiger partial charge < -0.3 is 10.4 Å². The number of aliphatic carboxylic acids is 1. The highest BCUT2D eigenvalue weighted by Gasteiger charge is 2.27. The minimum absolute atomic E-state index is 0.0180. The smallest absolute Gasteiger partial charge is 0.326 e. The van der Waals surface area contributed by atoms with Gasteiger partial charge in [0, 0.05) is 5.38 Å². The number of nitrogens with one attached hydrogen (secondary N) is 2. The minimum atomic E-state index is -3.61. The van der Waals surface area contributed by atoms with Gasteiger partial charge in [0.25, 0.3) is 5.91 Å². The molecule has 0 saturated heterocycles. The lowest BCUT2D eigenvalue weighted by molar-refractivity contribution is -0.140. The van der Waals surface area contributed by atoms with E-state index in [4.69, 9.17) is 5.11 Å². The number of carbonyl (C=O) groups is 2. The summed E-state index contributed by atoms with van der Waals surface area (Å²) in [5.74, 6) is -1.94. The molecule has 0 spiro atoms. The number of carboxylic acids is 1. The molecule has 9 heteroatoms. The molecule has 0 aliphatic heterocycles. The summed E-state index contributed by atoms with van der Waals surface area (Å²) < 4.78 is 25.3. The van der Waals surface area contributed by atoms with E-state index in [1.54, 1.807) is 6.92 Å². The van der Waals surface area contributed by atoms with Gasteiger partial charge in [-0.25, -0.2) is 17.9 Å². The molecule has 0 bridgehead atoms. The van der Waals surface area contributed by atoms with Crippen LogP contribution in [0.3, 0.4) is 0 Å². The Morgan fingerprint density at radius 2 is 2.05 bits per heavy atom. The lowest BCUT2D eigenvalue weighted by Gasteiger charge is -2.19. The zero-order chi connectivity index (χ0) is 16.2. The lowest BCUT2D eigenvalue weighted by Crippen LogP contribution is -2.44. The van der Waals surface area contributed by atoms with Gasteiger partial charge >= 0.3 is 5.97 Å². The normalized spacial score (nSPS) is 14.4. The van der Waals surface area contributed by atoms with Crippen LogP contribution in [0.2, 0.25) is 0 Å². The van der Waals surface area contributed by atoms with Crippen LogP contribution < -0.4 is 10.0 Å². The summed E-state index contributed by atoms with van der Waals surface area (Å²) in [5, 5.41) is 12.9.